The minimum Gasteiger partial charge on any atom is -0.353 e. The highest BCUT2D eigenvalue weighted by Crippen LogP contribution is 2.28. The van der Waals surface area contributed by atoms with Crippen LogP contribution in [0.25, 0.3) is 0 Å². The summed E-state index contributed by atoms with van der Waals surface area (Å²) in [5, 5.41) is 3.01. The average Bonchev–Trinajstić information content (AvgIpc) is 1.94. The SMILES string of the molecule is C.CC(=O)NC1CCC(C)CC1C. The lowest BCUT2D eigenvalue weighted by molar-refractivity contribution is -0.120. The molecule has 0 saturated heterocycles. The molecule has 0 aromatic carbocycles. The number of hydrogen-bond acceptors (Lipinski definition) is 1. The molecule has 1 rings (SSSR count). The molecule has 1 aliphatic rings. The molecule has 0 heterocycles. The number of nitrogens with one attached hydrogen (secondary N) is 1. The maximum atomic E-state index is 10.8. The quantitative estimate of drug-likeness (QED) is 0.668. The van der Waals surface area contributed by atoms with Crippen molar-refractivity contribution in [3.63, 3.8) is 0 Å². The fourth-order valence-electron chi connectivity index (χ4n) is 2.14. The van der Waals surface area contributed by atoms with Gasteiger partial charge in [-0.05, 0) is 31.1 Å². The zero-order valence-electron chi connectivity index (χ0n) is 8.26. The van der Waals surface area contributed by atoms with Gasteiger partial charge in [0.2, 0.25) is 5.91 Å². The maximum Gasteiger partial charge on any atom is 0.217 e. The first kappa shape index (κ1) is 12.5. The predicted octanol–water partition coefficient (Wildman–Crippen LogP) is 2.58. The normalized spacial score (nSPS) is 33.3. The van der Waals surface area contributed by atoms with E-state index in [4.69, 9.17) is 0 Å². The first-order valence-electron chi connectivity index (χ1n) is 4.86. The summed E-state index contributed by atoms with van der Waals surface area (Å²) in [4.78, 5) is 10.8. The second kappa shape index (κ2) is 5.25. The lowest BCUT2D eigenvalue weighted by atomic mass is 9.80. The molecule has 13 heavy (non-hydrogen) atoms. The van der Waals surface area contributed by atoms with Crippen LogP contribution >= 0.6 is 0 Å². The standard InChI is InChI=1S/C10H19NO.CH4/c1-7-4-5-10(8(2)6-7)11-9(3)12;/h7-8,10H,4-6H2,1-3H3,(H,11,12);1H4. The van der Waals surface area contributed by atoms with Crippen LogP contribution in [0.5, 0.6) is 0 Å². The van der Waals surface area contributed by atoms with Gasteiger partial charge >= 0.3 is 0 Å². The Bertz CT molecular complexity index is 167. The number of carbonyl (C=O) groups excluding carboxylic acids is 1. The van der Waals surface area contributed by atoms with Crippen LogP contribution in [-0.4, -0.2) is 11.9 Å². The summed E-state index contributed by atoms with van der Waals surface area (Å²) in [5.74, 6) is 1.60. The lowest BCUT2D eigenvalue weighted by Crippen LogP contribution is -2.41. The number of carbonyl (C=O) groups is 1. The molecule has 0 bridgehead atoms. The highest BCUT2D eigenvalue weighted by atomic mass is 16.1. The Morgan fingerprint density at radius 1 is 1.31 bits per heavy atom. The van der Waals surface area contributed by atoms with Crippen molar-refractivity contribution < 1.29 is 4.79 Å². The van der Waals surface area contributed by atoms with Crippen LogP contribution in [0.1, 0.15) is 47.5 Å². The Kier molecular flexibility index (Phi) is 5.04. The number of rotatable bonds is 1. The van der Waals surface area contributed by atoms with Gasteiger partial charge in [-0.2, -0.15) is 0 Å². The summed E-state index contributed by atoms with van der Waals surface area (Å²) in [6.45, 7) is 6.13. The topological polar surface area (TPSA) is 29.1 Å². The Balaban J connectivity index is 0.00000144. The summed E-state index contributed by atoms with van der Waals surface area (Å²) >= 11 is 0. The maximum absolute atomic E-state index is 10.8. The Morgan fingerprint density at radius 3 is 2.38 bits per heavy atom. The molecule has 3 atom stereocenters. The summed E-state index contributed by atoms with van der Waals surface area (Å²) in [6.07, 6.45) is 3.67. The predicted molar refractivity (Wildman–Crippen MR) is 56.5 cm³/mol. The smallest absolute Gasteiger partial charge is 0.217 e. The van der Waals surface area contributed by atoms with E-state index in [1.54, 1.807) is 6.92 Å². The highest BCUT2D eigenvalue weighted by Gasteiger charge is 2.25. The Morgan fingerprint density at radius 2 is 1.92 bits per heavy atom. The van der Waals surface area contributed by atoms with Crippen LogP contribution < -0.4 is 5.32 Å². The van der Waals surface area contributed by atoms with Crippen LogP contribution in [0.4, 0.5) is 0 Å². The van der Waals surface area contributed by atoms with Gasteiger partial charge in [0.15, 0.2) is 0 Å². The van der Waals surface area contributed by atoms with E-state index in [-0.39, 0.29) is 13.3 Å². The molecule has 0 aliphatic heterocycles. The van der Waals surface area contributed by atoms with E-state index in [1.165, 1.54) is 12.8 Å². The van der Waals surface area contributed by atoms with E-state index < -0.39 is 0 Å². The second-order valence-corrected chi connectivity index (χ2v) is 4.20. The minimum absolute atomic E-state index is 0. The van der Waals surface area contributed by atoms with Gasteiger partial charge < -0.3 is 5.32 Å². The van der Waals surface area contributed by atoms with Gasteiger partial charge in [-0.3, -0.25) is 4.79 Å². The molecular formula is C11H23NO. The molecule has 0 spiro atoms. The van der Waals surface area contributed by atoms with Gasteiger partial charge in [0.05, 0.1) is 0 Å². The van der Waals surface area contributed by atoms with Crippen molar-refractivity contribution in [1.29, 1.82) is 0 Å². The molecule has 78 valence electrons. The van der Waals surface area contributed by atoms with E-state index in [2.05, 4.69) is 19.2 Å². The third-order valence-corrected chi connectivity index (χ3v) is 2.82. The minimum atomic E-state index is 0. The Hall–Kier alpha value is -0.530. The van der Waals surface area contributed by atoms with Crippen LogP contribution in [0.3, 0.4) is 0 Å². The van der Waals surface area contributed by atoms with Crippen molar-refractivity contribution in [2.45, 2.75) is 53.5 Å². The fourth-order valence-corrected chi connectivity index (χ4v) is 2.14. The molecule has 3 unspecified atom stereocenters. The van der Waals surface area contributed by atoms with Crippen molar-refractivity contribution in [3.05, 3.63) is 0 Å². The van der Waals surface area contributed by atoms with Crippen LogP contribution in [-0.2, 0) is 4.79 Å². The van der Waals surface area contributed by atoms with Crippen LogP contribution in [0, 0.1) is 11.8 Å². The molecule has 1 fully saturated rings. The van der Waals surface area contributed by atoms with Crippen LogP contribution in [0.2, 0.25) is 0 Å². The summed E-state index contributed by atoms with van der Waals surface area (Å²) < 4.78 is 0. The molecule has 0 aromatic rings. The highest BCUT2D eigenvalue weighted by molar-refractivity contribution is 5.73. The van der Waals surface area contributed by atoms with E-state index in [9.17, 15) is 4.79 Å². The molecular weight excluding hydrogens is 162 g/mol. The van der Waals surface area contributed by atoms with Gasteiger partial charge in [0.25, 0.3) is 0 Å². The van der Waals surface area contributed by atoms with Gasteiger partial charge in [-0.25, -0.2) is 0 Å². The molecule has 2 nitrogen and oxygen atoms in total. The molecule has 1 saturated carbocycles. The molecule has 1 aliphatic carbocycles. The van der Waals surface area contributed by atoms with Crippen molar-refractivity contribution in [2.24, 2.45) is 11.8 Å². The monoisotopic (exact) mass is 185 g/mol. The Labute approximate surface area is 82.1 Å². The van der Waals surface area contributed by atoms with Gasteiger partial charge in [0.1, 0.15) is 0 Å². The van der Waals surface area contributed by atoms with Gasteiger partial charge in [-0.15, -0.1) is 0 Å². The van der Waals surface area contributed by atoms with Crippen molar-refractivity contribution >= 4 is 5.91 Å². The molecule has 1 N–H and O–H groups in total. The molecule has 0 aromatic heterocycles. The van der Waals surface area contributed by atoms with Crippen LogP contribution in [0.15, 0.2) is 0 Å². The first-order valence-corrected chi connectivity index (χ1v) is 4.86. The lowest BCUT2D eigenvalue weighted by Gasteiger charge is -2.32. The van der Waals surface area contributed by atoms with Gasteiger partial charge in [-0.1, -0.05) is 21.3 Å². The van der Waals surface area contributed by atoms with Crippen molar-refractivity contribution in [1.82, 2.24) is 5.32 Å². The fraction of sp³-hybridized carbons (Fsp3) is 0.909. The second-order valence-electron chi connectivity index (χ2n) is 4.20. The summed E-state index contributed by atoms with van der Waals surface area (Å²) in [5.41, 5.74) is 0. The largest absolute Gasteiger partial charge is 0.353 e. The summed E-state index contributed by atoms with van der Waals surface area (Å²) in [6, 6.07) is 0.429. The third kappa shape index (κ3) is 3.79. The van der Waals surface area contributed by atoms with Crippen molar-refractivity contribution in [3.8, 4) is 0 Å². The number of amides is 1. The molecule has 2 heteroatoms. The average molecular weight is 185 g/mol. The van der Waals surface area contributed by atoms with E-state index >= 15 is 0 Å². The van der Waals surface area contributed by atoms with E-state index in [0.29, 0.717) is 12.0 Å². The van der Waals surface area contributed by atoms with Gasteiger partial charge in [0, 0.05) is 13.0 Å². The molecule has 1 amide bonds. The number of hydrogen-bond donors (Lipinski definition) is 1. The molecule has 0 radical (unpaired) electrons. The van der Waals surface area contributed by atoms with E-state index in [0.717, 1.165) is 12.3 Å². The first-order chi connectivity index (χ1) is 5.59. The van der Waals surface area contributed by atoms with Crippen molar-refractivity contribution in [2.75, 3.05) is 0 Å². The zero-order valence-corrected chi connectivity index (χ0v) is 8.26. The zero-order chi connectivity index (χ0) is 9.14. The summed E-state index contributed by atoms with van der Waals surface area (Å²) in [7, 11) is 0. The van der Waals surface area contributed by atoms with E-state index in [1.807, 2.05) is 0 Å². The third-order valence-electron chi connectivity index (χ3n) is 2.82.